The van der Waals surface area contributed by atoms with Crippen molar-refractivity contribution < 1.29 is 19.0 Å². The third kappa shape index (κ3) is 2.75. The lowest BCUT2D eigenvalue weighted by atomic mass is 9.87. The van der Waals surface area contributed by atoms with E-state index in [0.29, 0.717) is 24.8 Å². The van der Waals surface area contributed by atoms with Crippen molar-refractivity contribution in [3.05, 3.63) is 30.1 Å². The fraction of sp³-hybridized carbons (Fsp3) is 0.562. The van der Waals surface area contributed by atoms with Gasteiger partial charge in [0.05, 0.1) is 13.1 Å². The molecule has 1 N–H and O–H groups in total. The SMILES string of the molecule is CC(C)(Oc1ccc(F)cc1)C(=O)N1CC(O)(C2CC2)C1. The van der Waals surface area contributed by atoms with Gasteiger partial charge in [0.15, 0.2) is 5.60 Å². The van der Waals surface area contributed by atoms with Crippen molar-refractivity contribution in [3.8, 4) is 5.75 Å². The summed E-state index contributed by atoms with van der Waals surface area (Å²) in [4.78, 5) is 14.1. The predicted molar refractivity (Wildman–Crippen MR) is 75.4 cm³/mol. The highest BCUT2D eigenvalue weighted by atomic mass is 19.1. The van der Waals surface area contributed by atoms with Crippen LogP contribution in [0.1, 0.15) is 26.7 Å². The third-order valence-electron chi connectivity index (χ3n) is 4.26. The van der Waals surface area contributed by atoms with Gasteiger partial charge in [-0.05, 0) is 56.9 Å². The number of hydrogen-bond acceptors (Lipinski definition) is 3. The highest BCUT2D eigenvalue weighted by molar-refractivity contribution is 5.85. The molecule has 0 aromatic heterocycles. The van der Waals surface area contributed by atoms with Gasteiger partial charge in [0.25, 0.3) is 5.91 Å². The number of aliphatic hydroxyl groups is 1. The van der Waals surface area contributed by atoms with Crippen LogP contribution in [0.3, 0.4) is 0 Å². The molecule has 2 fully saturated rings. The molecule has 1 aliphatic heterocycles. The first-order valence-corrected chi connectivity index (χ1v) is 7.26. The van der Waals surface area contributed by atoms with E-state index in [0.717, 1.165) is 12.8 Å². The third-order valence-corrected chi connectivity index (χ3v) is 4.26. The molecule has 1 aromatic carbocycles. The Labute approximate surface area is 123 Å². The lowest BCUT2D eigenvalue weighted by Gasteiger charge is -2.49. The Hall–Kier alpha value is -1.62. The van der Waals surface area contributed by atoms with E-state index in [2.05, 4.69) is 0 Å². The largest absolute Gasteiger partial charge is 0.478 e. The number of rotatable bonds is 4. The molecule has 4 nitrogen and oxygen atoms in total. The number of ether oxygens (including phenoxy) is 1. The molecule has 0 unspecified atom stereocenters. The molecule has 1 saturated heterocycles. The average molecular weight is 293 g/mol. The Morgan fingerprint density at radius 2 is 1.90 bits per heavy atom. The standard InChI is InChI=1S/C16H20FNO3/c1-15(2,21-13-7-5-12(17)6-8-13)14(19)18-9-16(20,10-18)11-3-4-11/h5-8,11,20H,3-4,9-10H2,1-2H3. The number of carbonyl (C=O) groups is 1. The first-order valence-electron chi connectivity index (χ1n) is 7.26. The van der Waals surface area contributed by atoms with Crippen molar-refractivity contribution >= 4 is 5.91 Å². The van der Waals surface area contributed by atoms with E-state index < -0.39 is 11.2 Å². The summed E-state index contributed by atoms with van der Waals surface area (Å²) in [5.74, 6) is 0.302. The molecule has 1 aliphatic carbocycles. The summed E-state index contributed by atoms with van der Waals surface area (Å²) < 4.78 is 18.6. The molecule has 1 amide bonds. The monoisotopic (exact) mass is 293 g/mol. The van der Waals surface area contributed by atoms with Crippen molar-refractivity contribution in [1.29, 1.82) is 0 Å². The van der Waals surface area contributed by atoms with Crippen LogP contribution in [-0.2, 0) is 4.79 Å². The van der Waals surface area contributed by atoms with E-state index in [1.165, 1.54) is 24.3 Å². The van der Waals surface area contributed by atoms with Crippen LogP contribution in [0.5, 0.6) is 5.75 Å². The van der Waals surface area contributed by atoms with Crippen molar-refractivity contribution in [1.82, 2.24) is 4.90 Å². The molecule has 5 heteroatoms. The molecule has 3 rings (SSSR count). The summed E-state index contributed by atoms with van der Waals surface area (Å²) >= 11 is 0. The molecule has 0 atom stereocenters. The van der Waals surface area contributed by atoms with Crippen LogP contribution in [-0.4, -0.2) is 40.2 Å². The molecule has 1 saturated carbocycles. The molecule has 0 spiro atoms. The fourth-order valence-electron chi connectivity index (χ4n) is 2.86. The van der Waals surface area contributed by atoms with Crippen LogP contribution < -0.4 is 4.74 Å². The Morgan fingerprint density at radius 1 is 1.33 bits per heavy atom. The van der Waals surface area contributed by atoms with Gasteiger partial charge in [-0.3, -0.25) is 4.79 Å². The fourth-order valence-corrected chi connectivity index (χ4v) is 2.86. The lowest BCUT2D eigenvalue weighted by molar-refractivity contribution is -0.172. The topological polar surface area (TPSA) is 49.8 Å². The van der Waals surface area contributed by atoms with E-state index in [-0.39, 0.29) is 11.7 Å². The van der Waals surface area contributed by atoms with Crippen molar-refractivity contribution in [3.63, 3.8) is 0 Å². The van der Waals surface area contributed by atoms with Gasteiger partial charge in [0.1, 0.15) is 17.2 Å². The highest BCUT2D eigenvalue weighted by Gasteiger charge is 2.55. The second-order valence-corrected chi connectivity index (χ2v) is 6.61. The van der Waals surface area contributed by atoms with Crippen LogP contribution in [0.15, 0.2) is 24.3 Å². The first-order chi connectivity index (χ1) is 9.80. The molecule has 2 aliphatic rings. The smallest absolute Gasteiger partial charge is 0.266 e. The van der Waals surface area contributed by atoms with Crippen molar-refractivity contribution in [2.75, 3.05) is 13.1 Å². The van der Waals surface area contributed by atoms with Crippen LogP contribution in [0.2, 0.25) is 0 Å². The Bertz CT molecular complexity index is 545. The van der Waals surface area contributed by atoms with Crippen LogP contribution in [0.25, 0.3) is 0 Å². The van der Waals surface area contributed by atoms with E-state index in [1.54, 1.807) is 18.7 Å². The minimum absolute atomic E-state index is 0.155. The van der Waals surface area contributed by atoms with Gasteiger partial charge in [-0.25, -0.2) is 4.39 Å². The van der Waals surface area contributed by atoms with E-state index in [4.69, 9.17) is 4.74 Å². The minimum Gasteiger partial charge on any atom is -0.478 e. The summed E-state index contributed by atoms with van der Waals surface area (Å²) in [5, 5.41) is 10.3. The second kappa shape index (κ2) is 4.70. The minimum atomic E-state index is -1.04. The van der Waals surface area contributed by atoms with Gasteiger partial charge in [0.2, 0.25) is 0 Å². The van der Waals surface area contributed by atoms with Crippen LogP contribution in [0.4, 0.5) is 4.39 Å². The number of carbonyl (C=O) groups excluding carboxylic acids is 1. The summed E-state index contributed by atoms with van der Waals surface area (Å²) in [5.41, 5.74) is -1.73. The molecule has 0 radical (unpaired) electrons. The normalized spacial score (nSPS) is 20.9. The first kappa shape index (κ1) is 14.3. The quantitative estimate of drug-likeness (QED) is 0.923. The number of nitrogens with zero attached hydrogens (tertiary/aromatic N) is 1. The maximum Gasteiger partial charge on any atom is 0.266 e. The van der Waals surface area contributed by atoms with Gasteiger partial charge in [0, 0.05) is 0 Å². The zero-order chi connectivity index (χ0) is 15.3. The van der Waals surface area contributed by atoms with E-state index in [9.17, 15) is 14.3 Å². The van der Waals surface area contributed by atoms with E-state index >= 15 is 0 Å². The maximum absolute atomic E-state index is 12.9. The molecule has 1 aromatic rings. The van der Waals surface area contributed by atoms with Gasteiger partial charge in [-0.15, -0.1) is 0 Å². The Balaban J connectivity index is 1.62. The number of likely N-dealkylation sites (tertiary alicyclic amines) is 1. The number of amides is 1. The van der Waals surface area contributed by atoms with Crippen molar-refractivity contribution in [2.45, 2.75) is 37.9 Å². The zero-order valence-electron chi connectivity index (χ0n) is 12.3. The molecular weight excluding hydrogens is 273 g/mol. The highest BCUT2D eigenvalue weighted by Crippen LogP contribution is 2.45. The number of hydrogen-bond donors (Lipinski definition) is 1. The second-order valence-electron chi connectivity index (χ2n) is 6.61. The van der Waals surface area contributed by atoms with Crippen LogP contribution in [0, 0.1) is 11.7 Å². The van der Waals surface area contributed by atoms with Gasteiger partial charge >= 0.3 is 0 Å². The Morgan fingerprint density at radius 3 is 2.43 bits per heavy atom. The maximum atomic E-state index is 12.9. The Kier molecular flexibility index (Phi) is 3.20. The van der Waals surface area contributed by atoms with E-state index in [1.807, 2.05) is 0 Å². The molecular formula is C16H20FNO3. The van der Waals surface area contributed by atoms with Crippen LogP contribution >= 0.6 is 0 Å². The predicted octanol–water partition coefficient (Wildman–Crippen LogP) is 1.97. The average Bonchev–Trinajstić information content (AvgIpc) is 3.21. The molecule has 1 heterocycles. The van der Waals surface area contributed by atoms with Gasteiger partial charge in [-0.1, -0.05) is 0 Å². The van der Waals surface area contributed by atoms with Crippen molar-refractivity contribution in [2.24, 2.45) is 5.92 Å². The molecule has 0 bridgehead atoms. The number of benzene rings is 1. The number of β-amino-alcohol motifs (C(OH)–C–C–N with tert-alkyl or cyclic N) is 1. The summed E-state index contributed by atoms with van der Waals surface area (Å²) in [7, 11) is 0. The lowest BCUT2D eigenvalue weighted by Crippen LogP contribution is -2.68. The number of halogens is 1. The summed E-state index contributed by atoms with van der Waals surface area (Å²) in [6.07, 6.45) is 2.10. The molecule has 114 valence electrons. The van der Waals surface area contributed by atoms with Gasteiger partial charge in [-0.2, -0.15) is 0 Å². The summed E-state index contributed by atoms with van der Waals surface area (Å²) in [6, 6.07) is 5.60. The summed E-state index contributed by atoms with van der Waals surface area (Å²) in [6.45, 7) is 4.14. The zero-order valence-corrected chi connectivity index (χ0v) is 12.3. The molecule has 21 heavy (non-hydrogen) atoms. The van der Waals surface area contributed by atoms with Gasteiger partial charge < -0.3 is 14.7 Å².